The van der Waals surface area contributed by atoms with Crippen LogP contribution >= 0.6 is 0 Å². The lowest BCUT2D eigenvalue weighted by molar-refractivity contribution is 0.102. The highest BCUT2D eigenvalue weighted by Crippen LogP contribution is 2.19. The third kappa shape index (κ3) is 2.86. The minimum absolute atomic E-state index is 0.296. The van der Waals surface area contributed by atoms with Crippen molar-refractivity contribution in [1.29, 1.82) is 0 Å². The SMILES string of the molecule is Nc1ccc(C(=O)Nc2ccc(-c3nnco3)cc2)nc1. The van der Waals surface area contributed by atoms with Gasteiger partial charge in [0.15, 0.2) is 0 Å². The van der Waals surface area contributed by atoms with Gasteiger partial charge in [0.1, 0.15) is 5.69 Å². The molecule has 7 nitrogen and oxygen atoms in total. The zero-order chi connectivity index (χ0) is 14.7. The van der Waals surface area contributed by atoms with Crippen molar-refractivity contribution in [2.75, 3.05) is 11.1 Å². The molecule has 0 saturated heterocycles. The van der Waals surface area contributed by atoms with Crippen LogP contribution in [0.25, 0.3) is 11.5 Å². The highest BCUT2D eigenvalue weighted by molar-refractivity contribution is 6.03. The number of pyridine rings is 1. The van der Waals surface area contributed by atoms with Crippen LogP contribution in [-0.2, 0) is 0 Å². The molecule has 0 atom stereocenters. The summed E-state index contributed by atoms with van der Waals surface area (Å²) < 4.78 is 5.09. The first kappa shape index (κ1) is 12.8. The molecule has 0 fully saturated rings. The Hall–Kier alpha value is -3.22. The first-order chi connectivity index (χ1) is 10.2. The number of nitrogen functional groups attached to an aromatic ring is 1. The van der Waals surface area contributed by atoms with Gasteiger partial charge in [-0.25, -0.2) is 4.98 Å². The molecule has 0 saturated carbocycles. The molecule has 1 aromatic carbocycles. The fraction of sp³-hybridized carbons (Fsp3) is 0. The molecule has 2 aromatic heterocycles. The van der Waals surface area contributed by atoms with Gasteiger partial charge >= 0.3 is 0 Å². The van der Waals surface area contributed by atoms with E-state index in [0.29, 0.717) is 23.0 Å². The van der Waals surface area contributed by atoms with Crippen LogP contribution in [0, 0.1) is 0 Å². The first-order valence-corrected chi connectivity index (χ1v) is 6.12. The summed E-state index contributed by atoms with van der Waals surface area (Å²) >= 11 is 0. The maximum Gasteiger partial charge on any atom is 0.274 e. The fourth-order valence-corrected chi connectivity index (χ4v) is 1.73. The number of aromatic nitrogens is 3. The number of nitrogens with two attached hydrogens (primary N) is 1. The van der Waals surface area contributed by atoms with Crippen molar-refractivity contribution in [2.45, 2.75) is 0 Å². The Bertz CT molecular complexity index is 736. The molecule has 21 heavy (non-hydrogen) atoms. The van der Waals surface area contributed by atoms with Gasteiger partial charge in [0, 0.05) is 11.3 Å². The summed E-state index contributed by atoms with van der Waals surface area (Å²) in [5.74, 6) is 0.119. The lowest BCUT2D eigenvalue weighted by atomic mass is 10.2. The molecule has 0 unspecified atom stereocenters. The van der Waals surface area contributed by atoms with Crippen LogP contribution in [-0.4, -0.2) is 21.1 Å². The average molecular weight is 281 g/mol. The molecule has 0 aliphatic rings. The maximum absolute atomic E-state index is 12.0. The van der Waals surface area contributed by atoms with Crippen LogP contribution in [0.1, 0.15) is 10.5 Å². The summed E-state index contributed by atoms with van der Waals surface area (Å²) in [7, 11) is 0. The Balaban J connectivity index is 1.73. The third-order valence-electron chi connectivity index (χ3n) is 2.77. The Kier molecular flexibility index (Phi) is 3.30. The standard InChI is InChI=1S/C14H11N5O2/c15-10-3-6-12(16-7-10)13(20)18-11-4-1-9(2-5-11)14-19-17-8-21-14/h1-8H,15H2,(H,18,20). The van der Waals surface area contributed by atoms with E-state index in [9.17, 15) is 4.79 Å². The molecular weight excluding hydrogens is 270 g/mol. The predicted octanol–water partition coefficient (Wildman–Crippen LogP) is 1.97. The molecule has 7 heteroatoms. The van der Waals surface area contributed by atoms with Gasteiger partial charge in [0.05, 0.1) is 11.9 Å². The van der Waals surface area contributed by atoms with Crippen molar-refractivity contribution in [3.05, 3.63) is 54.7 Å². The summed E-state index contributed by atoms with van der Waals surface area (Å²) in [6.07, 6.45) is 2.70. The topological polar surface area (TPSA) is 107 Å². The van der Waals surface area contributed by atoms with Crippen LogP contribution in [0.5, 0.6) is 0 Å². The lowest BCUT2D eigenvalue weighted by Gasteiger charge is -2.05. The average Bonchev–Trinajstić information content (AvgIpc) is 3.03. The minimum Gasteiger partial charge on any atom is -0.423 e. The van der Waals surface area contributed by atoms with Gasteiger partial charge in [-0.1, -0.05) is 0 Å². The van der Waals surface area contributed by atoms with Crippen molar-refractivity contribution in [1.82, 2.24) is 15.2 Å². The molecule has 2 heterocycles. The van der Waals surface area contributed by atoms with Gasteiger partial charge in [-0.2, -0.15) is 0 Å². The smallest absolute Gasteiger partial charge is 0.274 e. The van der Waals surface area contributed by atoms with E-state index in [0.717, 1.165) is 5.56 Å². The van der Waals surface area contributed by atoms with E-state index in [4.69, 9.17) is 10.2 Å². The molecule has 1 amide bonds. The van der Waals surface area contributed by atoms with E-state index < -0.39 is 0 Å². The number of carbonyl (C=O) groups is 1. The lowest BCUT2D eigenvalue weighted by Crippen LogP contribution is -2.13. The molecule has 3 rings (SSSR count). The zero-order valence-electron chi connectivity index (χ0n) is 10.9. The van der Waals surface area contributed by atoms with Gasteiger partial charge in [-0.15, -0.1) is 10.2 Å². The van der Waals surface area contributed by atoms with Crippen LogP contribution in [0.2, 0.25) is 0 Å². The third-order valence-corrected chi connectivity index (χ3v) is 2.77. The number of benzene rings is 1. The fourth-order valence-electron chi connectivity index (χ4n) is 1.73. The minimum atomic E-state index is -0.305. The number of hydrogen-bond acceptors (Lipinski definition) is 6. The molecule has 0 bridgehead atoms. The molecule has 0 radical (unpaired) electrons. The normalized spacial score (nSPS) is 10.3. The predicted molar refractivity (Wildman–Crippen MR) is 76.3 cm³/mol. The second-order valence-corrected chi connectivity index (χ2v) is 4.25. The second kappa shape index (κ2) is 5.41. The molecule has 0 aliphatic carbocycles. The van der Waals surface area contributed by atoms with Crippen molar-refractivity contribution in [3.8, 4) is 11.5 Å². The first-order valence-electron chi connectivity index (χ1n) is 6.12. The van der Waals surface area contributed by atoms with Gasteiger partial charge in [-0.3, -0.25) is 4.79 Å². The van der Waals surface area contributed by atoms with Gasteiger partial charge in [0.2, 0.25) is 12.3 Å². The van der Waals surface area contributed by atoms with E-state index in [1.807, 2.05) is 0 Å². The van der Waals surface area contributed by atoms with Crippen molar-refractivity contribution in [3.63, 3.8) is 0 Å². The number of rotatable bonds is 3. The van der Waals surface area contributed by atoms with Crippen molar-refractivity contribution in [2.24, 2.45) is 0 Å². The summed E-state index contributed by atoms with van der Waals surface area (Å²) in [5.41, 5.74) is 7.75. The molecule has 0 aliphatic heterocycles. The number of anilines is 2. The summed E-state index contributed by atoms with van der Waals surface area (Å²) in [5, 5.41) is 10.2. The Morgan fingerprint density at radius 2 is 1.95 bits per heavy atom. The summed E-state index contributed by atoms with van der Waals surface area (Å²) in [6.45, 7) is 0. The highest BCUT2D eigenvalue weighted by Gasteiger charge is 2.08. The number of nitrogens with zero attached hydrogens (tertiary/aromatic N) is 3. The van der Waals surface area contributed by atoms with Gasteiger partial charge in [-0.05, 0) is 36.4 Å². The van der Waals surface area contributed by atoms with E-state index in [1.54, 1.807) is 36.4 Å². The highest BCUT2D eigenvalue weighted by atomic mass is 16.4. The van der Waals surface area contributed by atoms with Gasteiger partial charge in [0.25, 0.3) is 5.91 Å². The monoisotopic (exact) mass is 281 g/mol. The molecule has 3 N–H and O–H groups in total. The number of amides is 1. The van der Waals surface area contributed by atoms with Crippen LogP contribution in [0.4, 0.5) is 11.4 Å². The van der Waals surface area contributed by atoms with Gasteiger partial charge < -0.3 is 15.5 Å². The van der Waals surface area contributed by atoms with E-state index in [1.165, 1.54) is 12.6 Å². The number of nitrogens with one attached hydrogen (secondary N) is 1. The second-order valence-electron chi connectivity index (χ2n) is 4.25. The zero-order valence-corrected chi connectivity index (χ0v) is 10.9. The summed E-state index contributed by atoms with van der Waals surface area (Å²) in [6, 6.07) is 10.2. The Morgan fingerprint density at radius 3 is 2.57 bits per heavy atom. The molecule has 3 aromatic rings. The van der Waals surface area contributed by atoms with E-state index >= 15 is 0 Å². The largest absolute Gasteiger partial charge is 0.423 e. The Labute approximate surface area is 119 Å². The van der Waals surface area contributed by atoms with Crippen LogP contribution < -0.4 is 11.1 Å². The van der Waals surface area contributed by atoms with Crippen molar-refractivity contribution < 1.29 is 9.21 Å². The molecule has 104 valence electrons. The van der Waals surface area contributed by atoms with E-state index in [2.05, 4.69) is 20.5 Å². The van der Waals surface area contributed by atoms with Crippen LogP contribution in [0.15, 0.2) is 53.4 Å². The molecular formula is C14H11N5O2. The molecule has 0 spiro atoms. The van der Waals surface area contributed by atoms with Crippen LogP contribution in [0.3, 0.4) is 0 Å². The number of carbonyl (C=O) groups excluding carboxylic acids is 1. The summed E-state index contributed by atoms with van der Waals surface area (Å²) in [4.78, 5) is 15.9. The Morgan fingerprint density at radius 1 is 1.14 bits per heavy atom. The quantitative estimate of drug-likeness (QED) is 0.760. The van der Waals surface area contributed by atoms with E-state index in [-0.39, 0.29) is 5.91 Å². The maximum atomic E-state index is 12.0. The number of hydrogen-bond donors (Lipinski definition) is 2. The van der Waals surface area contributed by atoms with Crippen molar-refractivity contribution >= 4 is 17.3 Å².